The molecule has 2 nitrogen and oxygen atoms in total. The topological polar surface area (TPSA) is 8.17 Å². The molecule has 10 rings (SSSR count). The van der Waals surface area contributed by atoms with Gasteiger partial charge in [-0.1, -0.05) is 109 Å². The summed E-state index contributed by atoms with van der Waals surface area (Å²) in [6.07, 6.45) is 0. The maximum Gasteiger partial charge on any atom is 0.0542 e. The van der Waals surface area contributed by atoms with Crippen LogP contribution in [-0.2, 0) is 0 Å². The number of para-hydroxylation sites is 3. The average molecular weight is 643 g/mol. The number of rotatable bonds is 5. The molecule has 0 atom stereocenters. The second-order valence-electron chi connectivity index (χ2n) is 12.6. The lowest BCUT2D eigenvalue weighted by molar-refractivity contribution is 1.18. The van der Waals surface area contributed by atoms with Gasteiger partial charge in [-0.25, -0.2) is 0 Å². The normalized spacial score (nSPS) is 11.7. The van der Waals surface area contributed by atoms with E-state index in [4.69, 9.17) is 0 Å². The largest absolute Gasteiger partial charge is 0.310 e. The van der Waals surface area contributed by atoms with Crippen LogP contribution in [0.4, 0.5) is 17.1 Å². The molecule has 0 fully saturated rings. The van der Waals surface area contributed by atoms with Crippen molar-refractivity contribution < 1.29 is 0 Å². The summed E-state index contributed by atoms with van der Waals surface area (Å²) in [4.78, 5) is 2.44. The Hall–Kier alpha value is -6.16. The number of benzene rings is 8. The Morgan fingerprint density at radius 1 is 0.408 bits per heavy atom. The van der Waals surface area contributed by atoms with Gasteiger partial charge in [-0.15, -0.1) is 11.3 Å². The maximum atomic E-state index is 2.44. The molecule has 3 heteroatoms. The number of hydrogen-bond acceptors (Lipinski definition) is 2. The number of aromatic nitrogens is 1. The molecule has 0 unspecified atom stereocenters. The van der Waals surface area contributed by atoms with Gasteiger partial charge < -0.3 is 9.47 Å². The molecular formula is C46H30N2S. The molecule has 0 radical (unpaired) electrons. The van der Waals surface area contributed by atoms with E-state index in [2.05, 4.69) is 191 Å². The summed E-state index contributed by atoms with van der Waals surface area (Å²) >= 11 is 1.87. The molecule has 10 aromatic rings. The third kappa shape index (κ3) is 4.55. The van der Waals surface area contributed by atoms with Crippen LogP contribution >= 0.6 is 11.3 Å². The Kier molecular flexibility index (Phi) is 6.39. The van der Waals surface area contributed by atoms with E-state index in [1.165, 1.54) is 63.9 Å². The van der Waals surface area contributed by atoms with Crippen LogP contribution < -0.4 is 4.90 Å². The van der Waals surface area contributed by atoms with Gasteiger partial charge in [0.15, 0.2) is 0 Å². The predicted molar refractivity (Wildman–Crippen MR) is 211 cm³/mol. The van der Waals surface area contributed by atoms with Crippen LogP contribution in [0.1, 0.15) is 0 Å². The Labute approximate surface area is 288 Å². The fourth-order valence-corrected chi connectivity index (χ4v) is 8.64. The molecule has 0 saturated carbocycles. The molecule has 8 aromatic carbocycles. The van der Waals surface area contributed by atoms with Crippen molar-refractivity contribution in [3.05, 3.63) is 182 Å². The molecule has 49 heavy (non-hydrogen) atoms. The Bertz CT molecular complexity index is 2830. The van der Waals surface area contributed by atoms with Gasteiger partial charge in [0.1, 0.15) is 0 Å². The van der Waals surface area contributed by atoms with Crippen molar-refractivity contribution in [1.29, 1.82) is 0 Å². The minimum Gasteiger partial charge on any atom is -0.310 e. The number of nitrogens with zero attached hydrogens (tertiary/aromatic N) is 2. The highest BCUT2D eigenvalue weighted by molar-refractivity contribution is 7.25. The van der Waals surface area contributed by atoms with Crippen LogP contribution in [0.25, 0.3) is 69.6 Å². The number of thiophene rings is 1. The molecule has 2 heterocycles. The molecule has 2 aromatic heterocycles. The van der Waals surface area contributed by atoms with Crippen LogP contribution in [0.2, 0.25) is 0 Å². The fraction of sp³-hybridized carbons (Fsp3) is 0. The minimum atomic E-state index is 1.12. The minimum absolute atomic E-state index is 1.12. The van der Waals surface area contributed by atoms with Crippen molar-refractivity contribution in [3.63, 3.8) is 0 Å². The van der Waals surface area contributed by atoms with Crippen molar-refractivity contribution in [2.45, 2.75) is 0 Å². The first kappa shape index (κ1) is 27.9. The van der Waals surface area contributed by atoms with Crippen LogP contribution in [0, 0.1) is 0 Å². The zero-order valence-corrected chi connectivity index (χ0v) is 27.4. The first-order valence-corrected chi connectivity index (χ1v) is 17.5. The molecule has 230 valence electrons. The van der Waals surface area contributed by atoms with Crippen molar-refractivity contribution in [2.75, 3.05) is 4.90 Å². The van der Waals surface area contributed by atoms with Crippen LogP contribution in [0.3, 0.4) is 0 Å². The lowest BCUT2D eigenvalue weighted by atomic mass is 10.0. The van der Waals surface area contributed by atoms with Gasteiger partial charge >= 0.3 is 0 Å². The van der Waals surface area contributed by atoms with Gasteiger partial charge in [0.2, 0.25) is 0 Å². The molecule has 0 aliphatic carbocycles. The lowest BCUT2D eigenvalue weighted by Gasteiger charge is -2.28. The highest BCUT2D eigenvalue weighted by Gasteiger charge is 2.20. The second kappa shape index (κ2) is 11.2. The van der Waals surface area contributed by atoms with Crippen LogP contribution in [-0.4, -0.2) is 4.57 Å². The molecule has 0 aliphatic heterocycles. The Balaban J connectivity index is 1.23. The van der Waals surface area contributed by atoms with E-state index in [1.807, 2.05) is 11.3 Å². The van der Waals surface area contributed by atoms with Crippen molar-refractivity contribution in [1.82, 2.24) is 4.57 Å². The van der Waals surface area contributed by atoms with E-state index >= 15 is 0 Å². The summed E-state index contributed by atoms with van der Waals surface area (Å²) in [6.45, 7) is 0. The van der Waals surface area contributed by atoms with Gasteiger partial charge in [0.25, 0.3) is 0 Å². The quantitative estimate of drug-likeness (QED) is 0.181. The summed E-state index contributed by atoms with van der Waals surface area (Å²) in [5.74, 6) is 0. The summed E-state index contributed by atoms with van der Waals surface area (Å²) in [5.41, 5.74) is 9.33. The van der Waals surface area contributed by atoms with E-state index in [0.29, 0.717) is 0 Å². The summed E-state index contributed by atoms with van der Waals surface area (Å²) in [5, 5.41) is 7.61. The third-order valence-electron chi connectivity index (χ3n) is 9.74. The predicted octanol–water partition coefficient (Wildman–Crippen LogP) is 13.4. The van der Waals surface area contributed by atoms with Crippen molar-refractivity contribution >= 4 is 81.1 Å². The second-order valence-corrected chi connectivity index (χ2v) is 13.7. The maximum absolute atomic E-state index is 2.44. The van der Waals surface area contributed by atoms with Gasteiger partial charge in [0, 0.05) is 53.6 Å². The van der Waals surface area contributed by atoms with Gasteiger partial charge in [-0.05, 0) is 89.1 Å². The van der Waals surface area contributed by atoms with Gasteiger partial charge in [-0.2, -0.15) is 0 Å². The zero-order chi connectivity index (χ0) is 32.3. The summed E-state index contributed by atoms with van der Waals surface area (Å²) < 4.78 is 5.02. The molecule has 0 bridgehead atoms. The van der Waals surface area contributed by atoms with Crippen LogP contribution in [0.15, 0.2) is 182 Å². The van der Waals surface area contributed by atoms with E-state index in [9.17, 15) is 0 Å². The Morgan fingerprint density at radius 2 is 1.08 bits per heavy atom. The molecule has 0 N–H and O–H groups in total. The van der Waals surface area contributed by atoms with Gasteiger partial charge in [-0.3, -0.25) is 0 Å². The number of anilines is 3. The average Bonchev–Trinajstić information content (AvgIpc) is 3.70. The Morgan fingerprint density at radius 3 is 1.96 bits per heavy atom. The van der Waals surface area contributed by atoms with Crippen LogP contribution in [0.5, 0.6) is 0 Å². The van der Waals surface area contributed by atoms with E-state index in [1.54, 1.807) is 0 Å². The summed E-state index contributed by atoms with van der Waals surface area (Å²) in [6, 6.07) is 66.2. The zero-order valence-electron chi connectivity index (χ0n) is 26.6. The molecule has 0 amide bonds. The van der Waals surface area contributed by atoms with Crippen molar-refractivity contribution in [3.8, 4) is 16.8 Å². The number of fused-ring (bicyclic) bond motifs is 7. The van der Waals surface area contributed by atoms with Crippen molar-refractivity contribution in [2.24, 2.45) is 0 Å². The van der Waals surface area contributed by atoms with Gasteiger partial charge in [0.05, 0.1) is 16.7 Å². The highest BCUT2D eigenvalue weighted by Crippen LogP contribution is 2.44. The smallest absolute Gasteiger partial charge is 0.0542 e. The molecule has 0 saturated heterocycles. The fourth-order valence-electron chi connectivity index (χ4n) is 7.51. The number of hydrogen-bond donors (Lipinski definition) is 0. The van der Waals surface area contributed by atoms with E-state index in [-0.39, 0.29) is 0 Å². The first-order chi connectivity index (χ1) is 24.3. The molecule has 0 aliphatic rings. The van der Waals surface area contributed by atoms with E-state index in [0.717, 1.165) is 22.7 Å². The monoisotopic (exact) mass is 642 g/mol. The summed E-state index contributed by atoms with van der Waals surface area (Å²) in [7, 11) is 0. The standard InChI is InChI=1S/C46H30N2S/c1-3-13-31(14-4-1)37-17-7-10-20-42(37)47(35-24-23-32-28-41-39-19-9-12-22-45(39)49-46(41)29-33(32)27-35)36-25-26-44-40(30-36)38-18-8-11-21-43(38)48(44)34-15-5-2-6-16-34/h1-30H. The molecular weight excluding hydrogens is 613 g/mol. The first-order valence-electron chi connectivity index (χ1n) is 16.7. The SMILES string of the molecule is c1ccc(-c2ccccc2N(c2ccc3cc4c(cc3c2)sc2ccccc24)c2ccc3c(c2)c2ccccc2n3-c2ccccc2)cc1. The highest BCUT2D eigenvalue weighted by atomic mass is 32.1. The molecule has 0 spiro atoms. The van der Waals surface area contributed by atoms with E-state index < -0.39 is 0 Å². The lowest BCUT2D eigenvalue weighted by Crippen LogP contribution is -2.11. The third-order valence-corrected chi connectivity index (χ3v) is 10.9.